The Morgan fingerprint density at radius 1 is 1.16 bits per heavy atom. The molecule has 0 heterocycles. The number of nitrogens with one attached hydrogen (secondary N) is 1. The van der Waals surface area contributed by atoms with Gasteiger partial charge in [0.1, 0.15) is 18.8 Å². The summed E-state index contributed by atoms with van der Waals surface area (Å²) in [6.07, 6.45) is -1.29. The lowest BCUT2D eigenvalue weighted by Gasteiger charge is -2.22. The van der Waals surface area contributed by atoms with Gasteiger partial charge in [-0.2, -0.15) is 0 Å². The quantitative estimate of drug-likeness (QED) is 0.776. The Kier molecular flexibility index (Phi) is 7.71. The van der Waals surface area contributed by atoms with Gasteiger partial charge in [0, 0.05) is 13.1 Å². The van der Waals surface area contributed by atoms with Crippen LogP contribution in [-0.2, 0) is 20.9 Å². The Labute approximate surface area is 147 Å². The third-order valence-electron chi connectivity index (χ3n) is 2.86. The first-order valence-electron chi connectivity index (χ1n) is 7.88. The van der Waals surface area contributed by atoms with Crippen molar-refractivity contribution < 1.29 is 23.9 Å². The van der Waals surface area contributed by atoms with Gasteiger partial charge in [-0.05, 0) is 26.3 Å². The average molecular weight is 351 g/mol. The summed E-state index contributed by atoms with van der Waals surface area (Å²) >= 11 is 0. The number of nitrogens with two attached hydrogens (primary N) is 1. The van der Waals surface area contributed by atoms with Crippen LogP contribution in [0, 0.1) is 0 Å². The highest BCUT2D eigenvalue weighted by atomic mass is 16.6. The van der Waals surface area contributed by atoms with E-state index in [1.54, 1.807) is 20.8 Å². The molecule has 1 aromatic rings. The number of carbonyl (C=O) groups excluding carboxylic acids is 3. The van der Waals surface area contributed by atoms with Gasteiger partial charge in [0.15, 0.2) is 0 Å². The van der Waals surface area contributed by atoms with Crippen molar-refractivity contribution in [2.75, 3.05) is 19.6 Å². The molecule has 0 bridgehead atoms. The highest BCUT2D eigenvalue weighted by molar-refractivity contribution is 5.80. The molecule has 0 fully saturated rings. The van der Waals surface area contributed by atoms with E-state index in [9.17, 15) is 14.4 Å². The minimum atomic E-state index is -0.686. The molecule has 1 aromatic carbocycles. The predicted molar refractivity (Wildman–Crippen MR) is 91.6 cm³/mol. The molecule has 0 atom stereocenters. The fourth-order valence-corrected chi connectivity index (χ4v) is 1.84. The first kappa shape index (κ1) is 20.3. The van der Waals surface area contributed by atoms with E-state index in [-0.39, 0.29) is 26.2 Å². The highest BCUT2D eigenvalue weighted by Gasteiger charge is 2.19. The smallest absolute Gasteiger partial charge is 0.410 e. The van der Waals surface area contributed by atoms with Gasteiger partial charge < -0.3 is 20.5 Å². The summed E-state index contributed by atoms with van der Waals surface area (Å²) in [5.74, 6) is -0.672. The average Bonchev–Trinajstić information content (AvgIpc) is 2.50. The largest absolute Gasteiger partial charge is 0.445 e. The lowest BCUT2D eigenvalue weighted by atomic mass is 10.2. The first-order chi connectivity index (χ1) is 11.7. The van der Waals surface area contributed by atoms with Crippen LogP contribution in [0.25, 0.3) is 0 Å². The Balaban J connectivity index is 2.48. The fraction of sp³-hybridized carbons (Fsp3) is 0.471. The van der Waals surface area contributed by atoms with Crippen molar-refractivity contribution in [3.63, 3.8) is 0 Å². The summed E-state index contributed by atoms with van der Waals surface area (Å²) in [6, 6.07) is 9.14. The van der Waals surface area contributed by atoms with Gasteiger partial charge in [-0.3, -0.25) is 9.69 Å². The maximum Gasteiger partial charge on any atom is 0.410 e. The number of primary amides is 1. The molecule has 0 unspecified atom stereocenters. The monoisotopic (exact) mass is 351 g/mol. The highest BCUT2D eigenvalue weighted by Crippen LogP contribution is 2.06. The maximum atomic E-state index is 12.1. The number of ether oxygens (including phenoxy) is 2. The van der Waals surface area contributed by atoms with Crippen molar-refractivity contribution in [2.45, 2.75) is 33.0 Å². The second kappa shape index (κ2) is 9.51. The van der Waals surface area contributed by atoms with Crippen LogP contribution in [0.15, 0.2) is 30.3 Å². The van der Waals surface area contributed by atoms with Gasteiger partial charge in [-0.1, -0.05) is 30.3 Å². The van der Waals surface area contributed by atoms with E-state index in [4.69, 9.17) is 15.2 Å². The van der Waals surface area contributed by atoms with Crippen LogP contribution in [0.3, 0.4) is 0 Å². The molecule has 3 N–H and O–H groups in total. The third kappa shape index (κ3) is 9.19. The number of alkyl carbamates (subject to hydrolysis) is 1. The van der Waals surface area contributed by atoms with Gasteiger partial charge in [0.2, 0.25) is 5.91 Å². The van der Waals surface area contributed by atoms with Crippen molar-refractivity contribution >= 4 is 18.1 Å². The zero-order chi connectivity index (χ0) is 18.9. The van der Waals surface area contributed by atoms with E-state index in [1.165, 1.54) is 0 Å². The summed E-state index contributed by atoms with van der Waals surface area (Å²) in [7, 11) is 0. The summed E-state index contributed by atoms with van der Waals surface area (Å²) in [6.45, 7) is 5.17. The van der Waals surface area contributed by atoms with Crippen molar-refractivity contribution in [3.05, 3.63) is 35.9 Å². The second-order valence-electron chi connectivity index (χ2n) is 6.36. The summed E-state index contributed by atoms with van der Waals surface area (Å²) in [5, 5.41) is 2.51. The SMILES string of the molecule is CC(C)(C)OC(=O)NCCN(CC(N)=O)C(=O)OCc1ccccc1. The van der Waals surface area contributed by atoms with Crippen molar-refractivity contribution in [1.82, 2.24) is 10.2 Å². The molecule has 3 amide bonds. The molecule has 0 saturated heterocycles. The summed E-state index contributed by atoms with van der Waals surface area (Å²) in [5.41, 5.74) is 5.35. The van der Waals surface area contributed by atoms with E-state index < -0.39 is 23.7 Å². The number of benzene rings is 1. The fourth-order valence-electron chi connectivity index (χ4n) is 1.84. The zero-order valence-corrected chi connectivity index (χ0v) is 14.8. The third-order valence-corrected chi connectivity index (χ3v) is 2.86. The second-order valence-corrected chi connectivity index (χ2v) is 6.36. The van der Waals surface area contributed by atoms with E-state index in [2.05, 4.69) is 5.32 Å². The molecule has 1 rings (SSSR count). The molecule has 0 spiro atoms. The molecule has 0 aliphatic carbocycles. The van der Waals surface area contributed by atoms with Crippen LogP contribution >= 0.6 is 0 Å². The molecule has 8 heteroatoms. The Morgan fingerprint density at radius 3 is 2.36 bits per heavy atom. The Bertz CT molecular complexity index is 584. The molecule has 8 nitrogen and oxygen atoms in total. The molecule has 138 valence electrons. The Morgan fingerprint density at radius 2 is 1.80 bits per heavy atom. The van der Waals surface area contributed by atoms with E-state index >= 15 is 0 Å². The van der Waals surface area contributed by atoms with Crippen LogP contribution in [0.2, 0.25) is 0 Å². The zero-order valence-electron chi connectivity index (χ0n) is 14.8. The van der Waals surface area contributed by atoms with Gasteiger partial charge in [-0.25, -0.2) is 9.59 Å². The van der Waals surface area contributed by atoms with Crippen LogP contribution in [0.4, 0.5) is 9.59 Å². The number of nitrogens with zero attached hydrogens (tertiary/aromatic N) is 1. The number of amides is 3. The molecular weight excluding hydrogens is 326 g/mol. The van der Waals surface area contributed by atoms with Crippen molar-refractivity contribution in [1.29, 1.82) is 0 Å². The standard InChI is InChI=1S/C17H25N3O5/c1-17(2,3)25-15(22)19-9-10-20(11-14(18)21)16(23)24-12-13-7-5-4-6-8-13/h4-8H,9-12H2,1-3H3,(H2,18,21)(H,19,22). The normalized spacial score (nSPS) is 10.7. The topological polar surface area (TPSA) is 111 Å². The molecule has 0 aromatic heterocycles. The molecule has 0 aliphatic rings. The number of carbonyl (C=O) groups is 3. The lowest BCUT2D eigenvalue weighted by molar-refractivity contribution is -0.118. The van der Waals surface area contributed by atoms with Gasteiger partial charge in [-0.15, -0.1) is 0 Å². The van der Waals surface area contributed by atoms with Gasteiger partial charge >= 0.3 is 12.2 Å². The molecule has 0 radical (unpaired) electrons. The predicted octanol–water partition coefficient (Wildman–Crippen LogP) is 1.64. The maximum absolute atomic E-state index is 12.1. The molecule has 0 aliphatic heterocycles. The summed E-state index contributed by atoms with van der Waals surface area (Å²) in [4.78, 5) is 36.0. The number of hydrogen-bond donors (Lipinski definition) is 2. The minimum absolute atomic E-state index is 0.0653. The van der Waals surface area contributed by atoms with E-state index in [1.807, 2.05) is 30.3 Å². The Hall–Kier alpha value is -2.77. The number of rotatable bonds is 7. The van der Waals surface area contributed by atoms with Crippen LogP contribution < -0.4 is 11.1 Å². The van der Waals surface area contributed by atoms with Crippen LogP contribution in [0.1, 0.15) is 26.3 Å². The van der Waals surface area contributed by atoms with Crippen LogP contribution in [0.5, 0.6) is 0 Å². The summed E-state index contributed by atoms with van der Waals surface area (Å²) < 4.78 is 10.3. The minimum Gasteiger partial charge on any atom is -0.445 e. The number of hydrogen-bond acceptors (Lipinski definition) is 5. The van der Waals surface area contributed by atoms with Crippen LogP contribution in [-0.4, -0.2) is 48.2 Å². The van der Waals surface area contributed by atoms with E-state index in [0.29, 0.717) is 0 Å². The van der Waals surface area contributed by atoms with E-state index in [0.717, 1.165) is 10.5 Å². The molecule has 0 saturated carbocycles. The molecule has 25 heavy (non-hydrogen) atoms. The van der Waals surface area contributed by atoms with Crippen molar-refractivity contribution in [2.24, 2.45) is 5.73 Å². The molecular formula is C17H25N3O5. The first-order valence-corrected chi connectivity index (χ1v) is 7.88. The van der Waals surface area contributed by atoms with Gasteiger partial charge in [0.05, 0.1) is 0 Å². The lowest BCUT2D eigenvalue weighted by Crippen LogP contribution is -2.44. The van der Waals surface area contributed by atoms with Crippen molar-refractivity contribution in [3.8, 4) is 0 Å². The van der Waals surface area contributed by atoms with Gasteiger partial charge in [0.25, 0.3) is 0 Å².